The molecule has 0 saturated carbocycles. The Morgan fingerprint density at radius 3 is 2.93 bits per heavy atom. The zero-order valence-electron chi connectivity index (χ0n) is 9.29. The van der Waals surface area contributed by atoms with Gasteiger partial charge < -0.3 is 15.4 Å². The quantitative estimate of drug-likeness (QED) is 0.697. The lowest BCUT2D eigenvalue weighted by atomic mass is 9.99. The number of piperidine rings is 1. The van der Waals surface area contributed by atoms with Crippen LogP contribution in [0.2, 0.25) is 0 Å². The van der Waals surface area contributed by atoms with Crippen LogP contribution < -0.4 is 10.6 Å². The number of ether oxygens (including phenoxy) is 1. The molecule has 3 atom stereocenters. The van der Waals surface area contributed by atoms with Crippen LogP contribution in [0.5, 0.6) is 0 Å². The van der Waals surface area contributed by atoms with Crippen LogP contribution in [-0.4, -0.2) is 37.2 Å². The van der Waals surface area contributed by atoms with E-state index in [9.17, 15) is 4.79 Å². The maximum Gasteiger partial charge on any atom is 0.237 e. The molecule has 0 aromatic carbocycles. The Kier molecular flexibility index (Phi) is 3.59. The average molecular weight is 212 g/mol. The Morgan fingerprint density at radius 1 is 1.40 bits per heavy atom. The van der Waals surface area contributed by atoms with E-state index in [2.05, 4.69) is 17.6 Å². The van der Waals surface area contributed by atoms with Crippen molar-refractivity contribution in [3.8, 4) is 0 Å². The molecule has 0 aromatic heterocycles. The summed E-state index contributed by atoms with van der Waals surface area (Å²) < 4.78 is 5.23. The summed E-state index contributed by atoms with van der Waals surface area (Å²) in [7, 11) is 0. The molecular weight excluding hydrogens is 192 g/mol. The van der Waals surface area contributed by atoms with Gasteiger partial charge in [-0.25, -0.2) is 0 Å². The van der Waals surface area contributed by atoms with Crippen LogP contribution in [0.1, 0.15) is 32.6 Å². The molecule has 2 heterocycles. The Balaban J connectivity index is 1.78. The third-order valence-electron chi connectivity index (χ3n) is 3.21. The fourth-order valence-electron chi connectivity index (χ4n) is 2.30. The first kappa shape index (κ1) is 10.9. The smallest absolute Gasteiger partial charge is 0.237 e. The topological polar surface area (TPSA) is 50.4 Å². The molecule has 0 aliphatic carbocycles. The van der Waals surface area contributed by atoms with E-state index in [4.69, 9.17) is 4.74 Å². The summed E-state index contributed by atoms with van der Waals surface area (Å²) in [6.45, 7) is 3.59. The molecule has 4 heteroatoms. The molecule has 0 bridgehead atoms. The highest BCUT2D eigenvalue weighted by molar-refractivity contribution is 5.82. The van der Waals surface area contributed by atoms with E-state index < -0.39 is 0 Å². The Morgan fingerprint density at radius 2 is 2.27 bits per heavy atom. The minimum atomic E-state index is 0.00866. The molecule has 3 unspecified atom stereocenters. The van der Waals surface area contributed by atoms with Gasteiger partial charge in [-0.1, -0.05) is 0 Å². The monoisotopic (exact) mass is 212 g/mol. The van der Waals surface area contributed by atoms with Crippen molar-refractivity contribution in [2.75, 3.05) is 13.2 Å². The number of hydrogen-bond donors (Lipinski definition) is 2. The van der Waals surface area contributed by atoms with E-state index in [0.29, 0.717) is 12.6 Å². The first-order valence-corrected chi connectivity index (χ1v) is 5.90. The van der Waals surface area contributed by atoms with Crippen molar-refractivity contribution in [2.24, 2.45) is 0 Å². The van der Waals surface area contributed by atoms with E-state index in [0.717, 1.165) is 25.9 Å². The molecule has 0 spiro atoms. The van der Waals surface area contributed by atoms with Crippen LogP contribution in [0.15, 0.2) is 0 Å². The normalized spacial score (nSPS) is 36.5. The third-order valence-corrected chi connectivity index (χ3v) is 3.21. The molecule has 0 aromatic rings. The number of hydrogen-bond acceptors (Lipinski definition) is 3. The maximum atomic E-state index is 11.9. The predicted octanol–water partition coefficient (Wildman–Crippen LogP) is 0.422. The number of carbonyl (C=O) groups excluding carboxylic acids is 1. The minimum absolute atomic E-state index is 0.00866. The number of amides is 1. The lowest BCUT2D eigenvalue weighted by molar-refractivity contribution is -0.124. The van der Waals surface area contributed by atoms with E-state index in [1.54, 1.807) is 0 Å². The van der Waals surface area contributed by atoms with Crippen LogP contribution >= 0.6 is 0 Å². The van der Waals surface area contributed by atoms with Crippen LogP contribution in [0.3, 0.4) is 0 Å². The van der Waals surface area contributed by atoms with E-state index in [1.165, 1.54) is 6.42 Å². The first-order chi connectivity index (χ1) is 7.25. The zero-order chi connectivity index (χ0) is 10.7. The van der Waals surface area contributed by atoms with Gasteiger partial charge in [-0.15, -0.1) is 0 Å². The van der Waals surface area contributed by atoms with Gasteiger partial charge in [-0.3, -0.25) is 4.79 Å². The molecule has 2 aliphatic heterocycles. The minimum Gasteiger partial charge on any atom is -0.379 e. The van der Waals surface area contributed by atoms with Crippen molar-refractivity contribution in [3.05, 3.63) is 0 Å². The molecular formula is C11H20N2O2. The summed E-state index contributed by atoms with van der Waals surface area (Å²) in [6, 6.07) is 0.709. The molecule has 86 valence electrons. The number of carbonyl (C=O) groups is 1. The van der Waals surface area contributed by atoms with Gasteiger partial charge in [0.25, 0.3) is 0 Å². The largest absolute Gasteiger partial charge is 0.379 e. The van der Waals surface area contributed by atoms with Crippen molar-refractivity contribution < 1.29 is 9.53 Å². The number of nitrogens with one attached hydrogen (secondary N) is 2. The van der Waals surface area contributed by atoms with E-state index >= 15 is 0 Å². The average Bonchev–Trinajstić information content (AvgIpc) is 2.70. The van der Waals surface area contributed by atoms with Gasteiger partial charge in [-0.05, 0) is 32.6 Å². The van der Waals surface area contributed by atoms with Gasteiger partial charge in [0.15, 0.2) is 0 Å². The molecule has 15 heavy (non-hydrogen) atoms. The van der Waals surface area contributed by atoms with Gasteiger partial charge in [0, 0.05) is 12.6 Å². The highest BCUT2D eigenvalue weighted by Gasteiger charge is 2.26. The fraction of sp³-hybridized carbons (Fsp3) is 0.909. The molecule has 2 aliphatic rings. The third kappa shape index (κ3) is 2.92. The first-order valence-electron chi connectivity index (χ1n) is 5.90. The summed E-state index contributed by atoms with van der Waals surface area (Å²) >= 11 is 0. The highest BCUT2D eigenvalue weighted by atomic mass is 16.5. The van der Waals surface area contributed by atoms with Crippen molar-refractivity contribution in [1.29, 1.82) is 0 Å². The van der Waals surface area contributed by atoms with Gasteiger partial charge in [-0.2, -0.15) is 0 Å². The summed E-state index contributed by atoms with van der Waals surface area (Å²) in [5, 5.41) is 6.38. The molecule has 1 amide bonds. The summed E-state index contributed by atoms with van der Waals surface area (Å²) in [6.07, 6.45) is 4.24. The lowest BCUT2D eigenvalue weighted by Crippen LogP contribution is -2.52. The van der Waals surface area contributed by atoms with Gasteiger partial charge in [0.1, 0.15) is 0 Å². The second-order valence-corrected chi connectivity index (χ2v) is 4.62. The summed E-state index contributed by atoms with van der Waals surface area (Å²) in [5.74, 6) is 0.150. The van der Waals surface area contributed by atoms with Crippen LogP contribution in [0.25, 0.3) is 0 Å². The van der Waals surface area contributed by atoms with Crippen molar-refractivity contribution in [2.45, 2.75) is 50.7 Å². The molecule has 2 saturated heterocycles. The summed E-state index contributed by atoms with van der Waals surface area (Å²) in [4.78, 5) is 11.9. The standard InChI is InChI=1S/C11H20N2O2/c1-8-3-2-4-10(12-8)11(14)13-9-5-6-15-7-9/h8-10,12H,2-7H2,1H3,(H,13,14). The predicted molar refractivity (Wildman–Crippen MR) is 57.6 cm³/mol. The summed E-state index contributed by atoms with van der Waals surface area (Å²) in [5.41, 5.74) is 0. The Labute approximate surface area is 90.8 Å². The molecule has 2 fully saturated rings. The number of rotatable bonds is 2. The van der Waals surface area contributed by atoms with Crippen LogP contribution in [0.4, 0.5) is 0 Å². The Hall–Kier alpha value is -0.610. The fourth-order valence-corrected chi connectivity index (χ4v) is 2.30. The Bertz CT molecular complexity index is 227. The molecule has 2 N–H and O–H groups in total. The molecule has 4 nitrogen and oxygen atoms in total. The van der Waals surface area contributed by atoms with Crippen molar-refractivity contribution >= 4 is 5.91 Å². The highest BCUT2D eigenvalue weighted by Crippen LogP contribution is 2.13. The second kappa shape index (κ2) is 4.94. The van der Waals surface area contributed by atoms with E-state index in [-0.39, 0.29) is 18.0 Å². The molecule has 2 rings (SSSR count). The second-order valence-electron chi connectivity index (χ2n) is 4.62. The zero-order valence-corrected chi connectivity index (χ0v) is 9.29. The van der Waals surface area contributed by atoms with Gasteiger partial charge >= 0.3 is 0 Å². The van der Waals surface area contributed by atoms with E-state index in [1.807, 2.05) is 0 Å². The van der Waals surface area contributed by atoms with Gasteiger partial charge in [0.05, 0.1) is 18.7 Å². The van der Waals surface area contributed by atoms with Gasteiger partial charge in [0.2, 0.25) is 5.91 Å². The SMILES string of the molecule is CC1CCCC(C(=O)NC2CCOC2)N1. The van der Waals surface area contributed by atoms with Crippen LogP contribution in [0, 0.1) is 0 Å². The molecule has 0 radical (unpaired) electrons. The van der Waals surface area contributed by atoms with Crippen molar-refractivity contribution in [3.63, 3.8) is 0 Å². The maximum absolute atomic E-state index is 11.9. The lowest BCUT2D eigenvalue weighted by Gasteiger charge is -2.28. The van der Waals surface area contributed by atoms with Crippen LogP contribution in [-0.2, 0) is 9.53 Å². The van der Waals surface area contributed by atoms with Crippen molar-refractivity contribution in [1.82, 2.24) is 10.6 Å².